The Kier molecular flexibility index (Phi) is 2.53. The van der Waals surface area contributed by atoms with Gasteiger partial charge in [0.25, 0.3) is 0 Å². The lowest BCUT2D eigenvalue weighted by atomic mass is 9.71. The Morgan fingerprint density at radius 2 is 1.81 bits per heavy atom. The van der Waals surface area contributed by atoms with Gasteiger partial charge in [-0.3, -0.25) is 4.79 Å². The molecule has 0 saturated heterocycles. The van der Waals surface area contributed by atoms with Crippen molar-refractivity contribution in [1.29, 1.82) is 0 Å². The Hall–Kier alpha value is -2.09. The Balaban J connectivity index is 2.05. The van der Waals surface area contributed by atoms with Crippen LogP contribution >= 0.6 is 0 Å². The summed E-state index contributed by atoms with van der Waals surface area (Å²) >= 11 is 0. The molecule has 1 spiro atoms. The van der Waals surface area contributed by atoms with Gasteiger partial charge in [-0.25, -0.2) is 0 Å². The predicted octanol–water partition coefficient (Wildman–Crippen LogP) is 4.39. The van der Waals surface area contributed by atoms with Crippen LogP contribution in [0.15, 0.2) is 43.0 Å². The Morgan fingerprint density at radius 1 is 1.10 bits per heavy atom. The summed E-state index contributed by atoms with van der Waals surface area (Å²) in [5.74, 6) is 0.229. The van der Waals surface area contributed by atoms with E-state index >= 15 is 0 Å². The molecule has 2 aromatic carbocycles. The summed E-state index contributed by atoms with van der Waals surface area (Å²) in [4.78, 5) is 14.8. The molecule has 1 heterocycles. The molecule has 0 unspecified atom stereocenters. The highest BCUT2D eigenvalue weighted by Gasteiger charge is 2.49. The van der Waals surface area contributed by atoms with Crippen molar-refractivity contribution in [2.24, 2.45) is 5.41 Å². The van der Waals surface area contributed by atoms with E-state index in [1.165, 1.54) is 16.3 Å². The fourth-order valence-electron chi connectivity index (χ4n) is 4.15. The molecule has 1 fully saturated rings. The van der Waals surface area contributed by atoms with E-state index in [1.807, 2.05) is 11.9 Å². The zero-order valence-corrected chi connectivity index (χ0v) is 12.4. The van der Waals surface area contributed by atoms with Crippen molar-refractivity contribution in [3.8, 4) is 0 Å². The van der Waals surface area contributed by atoms with Gasteiger partial charge in [0.2, 0.25) is 5.91 Å². The van der Waals surface area contributed by atoms with Crippen LogP contribution in [0, 0.1) is 5.41 Å². The minimum atomic E-state index is -0.355. The van der Waals surface area contributed by atoms with Crippen LogP contribution in [-0.2, 0) is 4.79 Å². The zero-order chi connectivity index (χ0) is 14.6. The molecular formula is C19H19NO. The number of benzene rings is 2. The number of amides is 1. The van der Waals surface area contributed by atoms with Gasteiger partial charge in [0, 0.05) is 12.6 Å². The molecule has 21 heavy (non-hydrogen) atoms. The van der Waals surface area contributed by atoms with Gasteiger partial charge < -0.3 is 4.90 Å². The van der Waals surface area contributed by atoms with Crippen molar-refractivity contribution >= 4 is 27.9 Å². The molecule has 1 amide bonds. The number of nitrogens with zero attached hydrogens (tertiary/aromatic N) is 1. The van der Waals surface area contributed by atoms with E-state index in [4.69, 9.17) is 0 Å². The lowest BCUT2D eigenvalue weighted by Crippen LogP contribution is -2.45. The Labute approximate surface area is 125 Å². The number of hydrogen-bond donors (Lipinski definition) is 0. The third-order valence-electron chi connectivity index (χ3n) is 5.32. The van der Waals surface area contributed by atoms with E-state index in [2.05, 4.69) is 43.0 Å². The molecule has 106 valence electrons. The fraction of sp³-hybridized carbons (Fsp3) is 0.316. The molecule has 0 atom stereocenters. The first-order valence-corrected chi connectivity index (χ1v) is 7.65. The fourth-order valence-corrected chi connectivity index (χ4v) is 4.15. The summed E-state index contributed by atoms with van der Waals surface area (Å²) < 4.78 is 0. The molecule has 0 radical (unpaired) electrons. The van der Waals surface area contributed by atoms with E-state index in [1.54, 1.807) is 0 Å². The quantitative estimate of drug-likeness (QED) is 0.699. The predicted molar refractivity (Wildman–Crippen MR) is 87.3 cm³/mol. The highest BCUT2D eigenvalue weighted by atomic mass is 16.2. The van der Waals surface area contributed by atoms with E-state index in [0.717, 1.165) is 36.9 Å². The highest BCUT2D eigenvalue weighted by Crippen LogP contribution is 2.55. The van der Waals surface area contributed by atoms with Crippen molar-refractivity contribution in [2.75, 3.05) is 11.9 Å². The molecule has 2 aromatic rings. The largest absolute Gasteiger partial charge is 0.314 e. The van der Waals surface area contributed by atoms with Crippen molar-refractivity contribution in [2.45, 2.75) is 25.7 Å². The molecule has 1 aliphatic carbocycles. The van der Waals surface area contributed by atoms with Gasteiger partial charge in [-0.15, -0.1) is 0 Å². The van der Waals surface area contributed by atoms with E-state index < -0.39 is 0 Å². The highest BCUT2D eigenvalue weighted by molar-refractivity contribution is 6.16. The molecule has 0 bridgehead atoms. The molecular weight excluding hydrogens is 258 g/mol. The number of carbonyl (C=O) groups is 1. The lowest BCUT2D eigenvalue weighted by Gasteiger charge is -2.41. The van der Waals surface area contributed by atoms with Gasteiger partial charge in [-0.05, 0) is 35.3 Å². The number of anilines is 1. The van der Waals surface area contributed by atoms with Crippen LogP contribution in [0.1, 0.15) is 31.2 Å². The van der Waals surface area contributed by atoms with Crippen LogP contribution in [0.3, 0.4) is 0 Å². The number of fused-ring (bicyclic) bond motifs is 3. The summed E-state index contributed by atoms with van der Waals surface area (Å²) in [5.41, 5.74) is 2.86. The second kappa shape index (κ2) is 4.20. The summed E-state index contributed by atoms with van der Waals surface area (Å²) in [6.07, 6.45) is 4.13. The minimum Gasteiger partial charge on any atom is -0.314 e. The first-order valence-electron chi connectivity index (χ1n) is 7.65. The smallest absolute Gasteiger partial charge is 0.237 e. The maximum Gasteiger partial charge on any atom is 0.237 e. The van der Waals surface area contributed by atoms with Crippen molar-refractivity contribution in [3.05, 3.63) is 48.5 Å². The van der Waals surface area contributed by atoms with E-state index in [0.29, 0.717) is 0 Å². The van der Waals surface area contributed by atoms with Gasteiger partial charge in [-0.2, -0.15) is 0 Å². The molecule has 1 saturated carbocycles. The molecule has 2 nitrogen and oxygen atoms in total. The van der Waals surface area contributed by atoms with Crippen molar-refractivity contribution in [3.63, 3.8) is 0 Å². The maximum atomic E-state index is 12.9. The van der Waals surface area contributed by atoms with Gasteiger partial charge in [0.15, 0.2) is 0 Å². The van der Waals surface area contributed by atoms with Crippen molar-refractivity contribution in [1.82, 2.24) is 0 Å². The van der Waals surface area contributed by atoms with Crippen LogP contribution < -0.4 is 4.90 Å². The molecule has 1 aliphatic heterocycles. The summed E-state index contributed by atoms with van der Waals surface area (Å²) in [6, 6.07) is 12.5. The minimum absolute atomic E-state index is 0.229. The van der Waals surface area contributed by atoms with Crippen LogP contribution in [0.5, 0.6) is 0 Å². The number of rotatable bonds is 0. The average Bonchev–Trinajstić information content (AvgIpc) is 3.01. The standard InChI is InChI=1S/C19H19NO/c1-13-17-15-8-4-3-7-14(15)9-10-16(17)20(2)18(21)19(13)11-5-6-12-19/h3-4,7-10H,1,5-6,11-12H2,2H3. The summed E-state index contributed by atoms with van der Waals surface area (Å²) in [5, 5.41) is 2.43. The van der Waals surface area contributed by atoms with Crippen LogP contribution in [0.4, 0.5) is 5.69 Å². The second-order valence-corrected chi connectivity index (χ2v) is 6.31. The third-order valence-corrected chi connectivity index (χ3v) is 5.32. The van der Waals surface area contributed by atoms with E-state index in [-0.39, 0.29) is 11.3 Å². The monoisotopic (exact) mass is 277 g/mol. The van der Waals surface area contributed by atoms with Crippen molar-refractivity contribution < 1.29 is 4.79 Å². The Morgan fingerprint density at radius 3 is 2.57 bits per heavy atom. The first kappa shape index (κ1) is 12.6. The van der Waals surface area contributed by atoms with Gasteiger partial charge in [0.1, 0.15) is 0 Å². The third kappa shape index (κ3) is 1.50. The number of hydrogen-bond acceptors (Lipinski definition) is 1. The zero-order valence-electron chi connectivity index (χ0n) is 12.4. The molecule has 0 aromatic heterocycles. The second-order valence-electron chi connectivity index (χ2n) is 6.31. The SMILES string of the molecule is C=C1c2c(ccc3ccccc23)N(C)C(=O)C12CCCC2. The van der Waals surface area contributed by atoms with Crippen LogP contribution in [-0.4, -0.2) is 13.0 Å². The molecule has 0 N–H and O–H groups in total. The average molecular weight is 277 g/mol. The molecule has 2 aliphatic rings. The van der Waals surface area contributed by atoms with Gasteiger partial charge in [-0.1, -0.05) is 49.8 Å². The summed E-state index contributed by atoms with van der Waals surface area (Å²) in [6.45, 7) is 4.38. The van der Waals surface area contributed by atoms with Crippen LogP contribution in [0.25, 0.3) is 16.3 Å². The number of carbonyl (C=O) groups excluding carboxylic acids is 1. The normalized spacial score (nSPS) is 20.3. The topological polar surface area (TPSA) is 20.3 Å². The first-order chi connectivity index (χ1) is 10.1. The molecule has 2 heteroatoms. The van der Waals surface area contributed by atoms with E-state index in [9.17, 15) is 4.79 Å². The molecule has 4 rings (SSSR count). The van der Waals surface area contributed by atoms with Crippen LogP contribution in [0.2, 0.25) is 0 Å². The Bertz CT molecular complexity index is 768. The van der Waals surface area contributed by atoms with Gasteiger partial charge in [0.05, 0.1) is 11.1 Å². The van der Waals surface area contributed by atoms with Gasteiger partial charge >= 0.3 is 0 Å². The lowest BCUT2D eigenvalue weighted by molar-refractivity contribution is -0.125. The maximum absolute atomic E-state index is 12.9. The summed E-state index contributed by atoms with van der Waals surface area (Å²) in [7, 11) is 1.91.